The van der Waals surface area contributed by atoms with Gasteiger partial charge in [-0.2, -0.15) is 0 Å². The molecule has 2 aromatic rings. The molecule has 0 atom stereocenters. The van der Waals surface area contributed by atoms with Crippen molar-refractivity contribution in [3.8, 4) is 5.69 Å². The van der Waals surface area contributed by atoms with E-state index in [0.717, 1.165) is 50.2 Å². The van der Waals surface area contributed by atoms with Gasteiger partial charge in [-0.3, -0.25) is 9.36 Å². The first-order valence-corrected chi connectivity index (χ1v) is 10.9. The fraction of sp³-hybridized carbons (Fsp3) is 0.545. The third kappa shape index (κ3) is 4.52. The third-order valence-electron chi connectivity index (χ3n) is 6.11. The van der Waals surface area contributed by atoms with Crippen LogP contribution < -0.4 is 4.90 Å². The number of rotatable bonds is 5. The highest BCUT2D eigenvalue weighted by Gasteiger charge is 2.24. The lowest BCUT2D eigenvalue weighted by molar-refractivity contribution is -0.131. The van der Waals surface area contributed by atoms with Crippen LogP contribution in [0.25, 0.3) is 5.69 Å². The molecule has 4 rings (SSSR count). The number of anilines is 1. The Morgan fingerprint density at radius 3 is 2.64 bits per heavy atom. The molecule has 28 heavy (non-hydrogen) atoms. The highest BCUT2D eigenvalue weighted by Crippen LogP contribution is 2.28. The van der Waals surface area contributed by atoms with E-state index in [9.17, 15) is 4.79 Å². The summed E-state index contributed by atoms with van der Waals surface area (Å²) in [6.07, 6.45) is 12.2. The van der Waals surface area contributed by atoms with Gasteiger partial charge in [0.1, 0.15) is 0 Å². The summed E-state index contributed by atoms with van der Waals surface area (Å²) in [4.78, 5) is 21.5. The van der Waals surface area contributed by atoms with Crippen LogP contribution in [-0.2, 0) is 4.79 Å². The van der Waals surface area contributed by atoms with Gasteiger partial charge in [0.25, 0.3) is 0 Å². The predicted octanol–water partition coefficient (Wildman–Crippen LogP) is 4.53. The minimum Gasteiger partial charge on any atom is -0.339 e. The van der Waals surface area contributed by atoms with Crippen LogP contribution in [0.15, 0.2) is 36.7 Å². The Labute approximate surface area is 172 Å². The summed E-state index contributed by atoms with van der Waals surface area (Å²) >= 11 is 6.15. The SMILES string of the molecule is O=C(CCC1CCCCC1)N1CCN(c2nccn2-c2cccc(Cl)c2)CC1. The van der Waals surface area contributed by atoms with Gasteiger partial charge >= 0.3 is 0 Å². The van der Waals surface area contributed by atoms with Gasteiger partial charge in [0.2, 0.25) is 11.9 Å². The summed E-state index contributed by atoms with van der Waals surface area (Å²) in [5.41, 5.74) is 1.01. The van der Waals surface area contributed by atoms with E-state index in [0.29, 0.717) is 17.4 Å². The second-order valence-corrected chi connectivity index (χ2v) is 8.42. The number of imidazole rings is 1. The summed E-state index contributed by atoms with van der Waals surface area (Å²) < 4.78 is 2.06. The Hall–Kier alpha value is -2.01. The number of nitrogens with zero attached hydrogens (tertiary/aromatic N) is 4. The fourth-order valence-corrected chi connectivity index (χ4v) is 4.66. The number of carbonyl (C=O) groups is 1. The monoisotopic (exact) mass is 400 g/mol. The van der Waals surface area contributed by atoms with E-state index in [1.165, 1.54) is 32.1 Å². The average molecular weight is 401 g/mol. The zero-order chi connectivity index (χ0) is 19.3. The summed E-state index contributed by atoms with van der Waals surface area (Å²) in [6.45, 7) is 3.16. The molecule has 1 amide bonds. The average Bonchev–Trinajstić information content (AvgIpc) is 3.23. The normalized spacial score (nSPS) is 18.5. The second-order valence-electron chi connectivity index (χ2n) is 7.99. The lowest BCUT2D eigenvalue weighted by Gasteiger charge is -2.36. The summed E-state index contributed by atoms with van der Waals surface area (Å²) in [7, 11) is 0. The minimum atomic E-state index is 0.323. The predicted molar refractivity (Wildman–Crippen MR) is 113 cm³/mol. The van der Waals surface area contributed by atoms with E-state index in [4.69, 9.17) is 11.6 Å². The summed E-state index contributed by atoms with van der Waals surface area (Å²) in [5, 5.41) is 0.713. The van der Waals surface area contributed by atoms with E-state index in [-0.39, 0.29) is 0 Å². The van der Waals surface area contributed by atoms with Gasteiger partial charge in [-0.15, -0.1) is 0 Å². The largest absolute Gasteiger partial charge is 0.339 e. The van der Waals surface area contributed by atoms with Crippen LogP contribution in [0.5, 0.6) is 0 Å². The Kier molecular flexibility index (Phi) is 6.20. The third-order valence-corrected chi connectivity index (χ3v) is 6.35. The van der Waals surface area contributed by atoms with Crippen molar-refractivity contribution >= 4 is 23.5 Å². The standard InChI is InChI=1S/C22H29ClN4O/c23-19-7-4-8-20(17-19)27-12-11-24-22(27)26-15-13-25(14-16-26)21(28)10-9-18-5-2-1-3-6-18/h4,7-8,11-12,17-18H,1-3,5-6,9-10,13-16H2. The van der Waals surface area contributed by atoms with Crippen LogP contribution in [0.3, 0.4) is 0 Å². The first kappa shape index (κ1) is 19.3. The molecule has 0 unspecified atom stereocenters. The lowest BCUT2D eigenvalue weighted by Crippen LogP contribution is -2.49. The summed E-state index contributed by atoms with van der Waals surface area (Å²) in [6, 6.07) is 7.80. The molecular weight excluding hydrogens is 372 g/mol. The highest BCUT2D eigenvalue weighted by atomic mass is 35.5. The molecule has 5 nitrogen and oxygen atoms in total. The Bertz CT molecular complexity index is 791. The number of amides is 1. The minimum absolute atomic E-state index is 0.323. The molecule has 6 heteroatoms. The van der Waals surface area contributed by atoms with Crippen molar-refractivity contribution in [1.82, 2.24) is 14.5 Å². The van der Waals surface area contributed by atoms with Gasteiger partial charge in [0, 0.05) is 55.7 Å². The first-order valence-electron chi connectivity index (χ1n) is 10.5. The smallest absolute Gasteiger partial charge is 0.222 e. The molecule has 2 aliphatic rings. The van der Waals surface area contributed by atoms with Crippen molar-refractivity contribution in [1.29, 1.82) is 0 Å². The number of aromatic nitrogens is 2. The van der Waals surface area contributed by atoms with Gasteiger partial charge in [0.05, 0.1) is 0 Å². The van der Waals surface area contributed by atoms with E-state index >= 15 is 0 Å². The molecule has 0 bridgehead atoms. The molecule has 1 aromatic carbocycles. The van der Waals surface area contributed by atoms with Crippen molar-refractivity contribution in [3.05, 3.63) is 41.7 Å². The van der Waals surface area contributed by atoms with Crippen molar-refractivity contribution in [2.45, 2.75) is 44.9 Å². The molecule has 0 spiro atoms. The highest BCUT2D eigenvalue weighted by molar-refractivity contribution is 6.30. The Morgan fingerprint density at radius 2 is 1.89 bits per heavy atom. The van der Waals surface area contributed by atoms with Crippen LogP contribution in [-0.4, -0.2) is 46.5 Å². The van der Waals surface area contributed by atoms with Crippen LogP contribution >= 0.6 is 11.6 Å². The fourth-order valence-electron chi connectivity index (χ4n) is 4.47. The number of carbonyl (C=O) groups excluding carboxylic acids is 1. The molecule has 1 saturated heterocycles. The molecule has 2 fully saturated rings. The van der Waals surface area contributed by atoms with E-state index < -0.39 is 0 Å². The zero-order valence-corrected chi connectivity index (χ0v) is 17.2. The Balaban J connectivity index is 1.32. The van der Waals surface area contributed by atoms with E-state index in [2.05, 4.69) is 14.5 Å². The molecular formula is C22H29ClN4O. The maximum atomic E-state index is 12.6. The number of piperazine rings is 1. The molecule has 150 valence electrons. The summed E-state index contributed by atoms with van der Waals surface area (Å²) in [5.74, 6) is 2.00. The molecule has 0 N–H and O–H groups in total. The first-order chi connectivity index (χ1) is 13.7. The van der Waals surface area contributed by atoms with Crippen LogP contribution in [0, 0.1) is 5.92 Å². The van der Waals surface area contributed by atoms with Crippen LogP contribution in [0.2, 0.25) is 5.02 Å². The van der Waals surface area contributed by atoms with Crippen molar-refractivity contribution in [2.24, 2.45) is 5.92 Å². The number of benzene rings is 1. The number of halogens is 1. The van der Waals surface area contributed by atoms with E-state index in [1.807, 2.05) is 41.6 Å². The molecule has 2 heterocycles. The van der Waals surface area contributed by atoms with Gasteiger partial charge in [-0.05, 0) is 30.5 Å². The molecule has 1 saturated carbocycles. The maximum absolute atomic E-state index is 12.6. The number of hydrogen-bond acceptors (Lipinski definition) is 3. The van der Waals surface area contributed by atoms with Gasteiger partial charge in [-0.1, -0.05) is 49.8 Å². The number of hydrogen-bond donors (Lipinski definition) is 0. The van der Waals surface area contributed by atoms with Gasteiger partial charge in [0.15, 0.2) is 0 Å². The quantitative estimate of drug-likeness (QED) is 0.740. The maximum Gasteiger partial charge on any atom is 0.222 e. The van der Waals surface area contributed by atoms with Crippen molar-refractivity contribution in [3.63, 3.8) is 0 Å². The zero-order valence-electron chi connectivity index (χ0n) is 16.4. The van der Waals surface area contributed by atoms with E-state index in [1.54, 1.807) is 0 Å². The molecule has 0 radical (unpaired) electrons. The van der Waals surface area contributed by atoms with Crippen LogP contribution in [0.1, 0.15) is 44.9 Å². The Morgan fingerprint density at radius 1 is 1.11 bits per heavy atom. The lowest BCUT2D eigenvalue weighted by atomic mass is 9.86. The topological polar surface area (TPSA) is 41.4 Å². The second kappa shape index (κ2) is 8.99. The molecule has 1 aliphatic heterocycles. The van der Waals surface area contributed by atoms with Crippen LogP contribution in [0.4, 0.5) is 5.95 Å². The van der Waals surface area contributed by atoms with Gasteiger partial charge < -0.3 is 9.80 Å². The van der Waals surface area contributed by atoms with Crippen molar-refractivity contribution < 1.29 is 4.79 Å². The molecule has 1 aromatic heterocycles. The molecule has 1 aliphatic carbocycles. The van der Waals surface area contributed by atoms with Crippen molar-refractivity contribution in [2.75, 3.05) is 31.1 Å². The van der Waals surface area contributed by atoms with Gasteiger partial charge in [-0.25, -0.2) is 4.98 Å².